The van der Waals surface area contributed by atoms with E-state index in [-0.39, 0.29) is 17.7 Å². The van der Waals surface area contributed by atoms with Crippen LogP contribution in [0.15, 0.2) is 36.5 Å². The van der Waals surface area contributed by atoms with Crippen molar-refractivity contribution in [2.45, 2.75) is 0 Å². The van der Waals surface area contributed by atoms with E-state index in [4.69, 9.17) is 5.73 Å². The number of hydrogen-bond donors (Lipinski definition) is 3. The van der Waals surface area contributed by atoms with Crippen molar-refractivity contribution < 1.29 is 9.18 Å². The summed E-state index contributed by atoms with van der Waals surface area (Å²) in [5, 5.41) is 0. The SMILES string of the molecule is Nc1nc(NNC(=O)c2ccccc2)ncc1F. The Morgan fingerprint density at radius 2 is 2.00 bits per heavy atom. The van der Waals surface area contributed by atoms with Gasteiger partial charge in [0.15, 0.2) is 11.6 Å². The summed E-state index contributed by atoms with van der Waals surface area (Å²) in [6.07, 6.45) is 0.916. The van der Waals surface area contributed by atoms with E-state index in [2.05, 4.69) is 20.8 Å². The molecule has 6 nitrogen and oxygen atoms in total. The fourth-order valence-electron chi connectivity index (χ4n) is 1.21. The molecule has 18 heavy (non-hydrogen) atoms. The fraction of sp³-hybridized carbons (Fsp3) is 0. The molecule has 0 saturated heterocycles. The van der Waals surface area contributed by atoms with Crippen LogP contribution in [0, 0.1) is 5.82 Å². The van der Waals surface area contributed by atoms with E-state index < -0.39 is 5.82 Å². The first kappa shape index (κ1) is 11.8. The maximum atomic E-state index is 12.8. The van der Waals surface area contributed by atoms with Gasteiger partial charge in [-0.15, -0.1) is 0 Å². The van der Waals surface area contributed by atoms with Crippen LogP contribution < -0.4 is 16.6 Å². The molecule has 0 unspecified atom stereocenters. The molecule has 0 aliphatic rings. The van der Waals surface area contributed by atoms with Crippen LogP contribution in [0.4, 0.5) is 16.2 Å². The summed E-state index contributed by atoms with van der Waals surface area (Å²) in [6, 6.07) is 8.57. The molecule has 0 atom stereocenters. The van der Waals surface area contributed by atoms with Crippen molar-refractivity contribution >= 4 is 17.7 Å². The smallest absolute Gasteiger partial charge is 0.269 e. The number of carbonyl (C=O) groups excluding carboxylic acids is 1. The van der Waals surface area contributed by atoms with Crippen molar-refractivity contribution in [3.05, 3.63) is 47.9 Å². The highest BCUT2D eigenvalue weighted by molar-refractivity contribution is 5.94. The van der Waals surface area contributed by atoms with Gasteiger partial charge in [0, 0.05) is 5.56 Å². The zero-order valence-electron chi connectivity index (χ0n) is 9.22. The molecular formula is C11H10FN5O. The lowest BCUT2D eigenvalue weighted by Crippen LogP contribution is -2.30. The van der Waals surface area contributed by atoms with Crippen molar-refractivity contribution in [1.29, 1.82) is 0 Å². The molecule has 0 fully saturated rings. The topological polar surface area (TPSA) is 92.9 Å². The summed E-state index contributed by atoms with van der Waals surface area (Å²) in [5.41, 5.74) is 10.5. The second-order valence-electron chi connectivity index (χ2n) is 3.37. The Bertz CT molecular complexity index is 561. The molecule has 0 aliphatic carbocycles. The van der Waals surface area contributed by atoms with Gasteiger partial charge in [-0.05, 0) is 12.1 Å². The number of nitrogen functional groups attached to an aromatic ring is 1. The summed E-state index contributed by atoms with van der Waals surface area (Å²) in [7, 11) is 0. The Balaban J connectivity index is 1.99. The number of benzene rings is 1. The molecule has 0 aliphatic heterocycles. The van der Waals surface area contributed by atoms with Gasteiger partial charge in [-0.25, -0.2) is 9.37 Å². The zero-order chi connectivity index (χ0) is 13.0. The van der Waals surface area contributed by atoms with Gasteiger partial charge in [0.25, 0.3) is 5.91 Å². The molecule has 0 bridgehead atoms. The number of rotatable bonds is 3. The first-order valence-corrected chi connectivity index (χ1v) is 5.06. The predicted molar refractivity (Wildman–Crippen MR) is 63.9 cm³/mol. The molecule has 2 rings (SSSR count). The van der Waals surface area contributed by atoms with E-state index in [0.717, 1.165) is 6.20 Å². The minimum absolute atomic E-state index is 0.0122. The van der Waals surface area contributed by atoms with Gasteiger partial charge in [0.2, 0.25) is 5.95 Å². The third-order valence-corrected chi connectivity index (χ3v) is 2.10. The lowest BCUT2D eigenvalue weighted by Gasteiger charge is -2.07. The highest BCUT2D eigenvalue weighted by atomic mass is 19.1. The van der Waals surface area contributed by atoms with E-state index in [0.29, 0.717) is 5.56 Å². The van der Waals surface area contributed by atoms with Gasteiger partial charge >= 0.3 is 0 Å². The maximum Gasteiger partial charge on any atom is 0.269 e. The molecular weight excluding hydrogens is 237 g/mol. The van der Waals surface area contributed by atoms with Crippen molar-refractivity contribution in [2.24, 2.45) is 0 Å². The van der Waals surface area contributed by atoms with Gasteiger partial charge < -0.3 is 5.73 Å². The van der Waals surface area contributed by atoms with Crippen LogP contribution in [-0.4, -0.2) is 15.9 Å². The van der Waals surface area contributed by atoms with E-state index in [1.807, 2.05) is 0 Å². The summed E-state index contributed by atoms with van der Waals surface area (Å²) in [5.74, 6) is -1.35. The third kappa shape index (κ3) is 2.70. The maximum absolute atomic E-state index is 12.8. The monoisotopic (exact) mass is 247 g/mol. The number of nitrogens with zero attached hydrogens (tertiary/aromatic N) is 2. The Kier molecular flexibility index (Phi) is 3.33. The Morgan fingerprint density at radius 1 is 1.28 bits per heavy atom. The van der Waals surface area contributed by atoms with Crippen molar-refractivity contribution in [3.8, 4) is 0 Å². The number of halogens is 1. The summed E-state index contributed by atoms with van der Waals surface area (Å²) in [4.78, 5) is 18.9. The van der Waals surface area contributed by atoms with Crippen LogP contribution in [0.25, 0.3) is 0 Å². The number of hydrogen-bond acceptors (Lipinski definition) is 5. The summed E-state index contributed by atoms with van der Waals surface area (Å²) >= 11 is 0. The van der Waals surface area contributed by atoms with E-state index in [1.54, 1.807) is 30.3 Å². The molecule has 4 N–H and O–H groups in total. The second-order valence-corrected chi connectivity index (χ2v) is 3.37. The quantitative estimate of drug-likeness (QED) is 0.702. The standard InChI is InChI=1S/C11H10FN5O/c12-8-6-14-11(15-9(8)13)17-16-10(18)7-4-2-1-3-5-7/h1-6H,(H,16,18)(H3,13,14,15,17). The zero-order valence-corrected chi connectivity index (χ0v) is 9.22. The molecule has 0 spiro atoms. The molecule has 7 heteroatoms. The first-order valence-electron chi connectivity index (χ1n) is 5.06. The van der Waals surface area contributed by atoms with Gasteiger partial charge in [-0.1, -0.05) is 18.2 Å². The van der Waals surface area contributed by atoms with E-state index >= 15 is 0 Å². The van der Waals surface area contributed by atoms with Gasteiger partial charge in [-0.3, -0.25) is 15.6 Å². The van der Waals surface area contributed by atoms with Crippen molar-refractivity contribution in [2.75, 3.05) is 11.2 Å². The molecule has 1 heterocycles. The number of nitrogens with one attached hydrogen (secondary N) is 2. The van der Waals surface area contributed by atoms with Crippen LogP contribution >= 0.6 is 0 Å². The largest absolute Gasteiger partial charge is 0.381 e. The number of hydrazine groups is 1. The van der Waals surface area contributed by atoms with Crippen LogP contribution in [0.3, 0.4) is 0 Å². The number of carbonyl (C=O) groups is 1. The molecule has 0 radical (unpaired) electrons. The Morgan fingerprint density at radius 3 is 2.67 bits per heavy atom. The lowest BCUT2D eigenvalue weighted by molar-refractivity contribution is 0.0962. The summed E-state index contributed by atoms with van der Waals surface area (Å²) in [6.45, 7) is 0. The average molecular weight is 247 g/mol. The van der Waals surface area contributed by atoms with Gasteiger partial charge in [-0.2, -0.15) is 4.98 Å². The minimum Gasteiger partial charge on any atom is -0.381 e. The van der Waals surface area contributed by atoms with Crippen LogP contribution in [-0.2, 0) is 0 Å². The molecule has 2 aromatic rings. The highest BCUT2D eigenvalue weighted by Crippen LogP contribution is 2.06. The lowest BCUT2D eigenvalue weighted by atomic mass is 10.2. The Hall–Kier alpha value is -2.70. The van der Waals surface area contributed by atoms with Crippen molar-refractivity contribution in [1.82, 2.24) is 15.4 Å². The normalized spacial score (nSPS) is 9.83. The summed E-state index contributed by atoms with van der Waals surface area (Å²) < 4.78 is 12.8. The van der Waals surface area contributed by atoms with E-state index in [9.17, 15) is 9.18 Å². The Labute approximate surface area is 102 Å². The molecule has 1 amide bonds. The van der Waals surface area contributed by atoms with Gasteiger partial charge in [0.05, 0.1) is 6.20 Å². The van der Waals surface area contributed by atoms with Crippen LogP contribution in [0.5, 0.6) is 0 Å². The molecule has 92 valence electrons. The van der Waals surface area contributed by atoms with Crippen molar-refractivity contribution in [3.63, 3.8) is 0 Å². The van der Waals surface area contributed by atoms with Crippen LogP contribution in [0.1, 0.15) is 10.4 Å². The predicted octanol–water partition coefficient (Wildman–Crippen LogP) is 0.955. The van der Waals surface area contributed by atoms with Gasteiger partial charge in [0.1, 0.15) is 0 Å². The first-order chi connectivity index (χ1) is 8.66. The third-order valence-electron chi connectivity index (χ3n) is 2.10. The number of anilines is 2. The molecule has 0 saturated carbocycles. The number of amides is 1. The number of nitrogens with two attached hydrogens (primary N) is 1. The van der Waals surface area contributed by atoms with E-state index in [1.165, 1.54) is 0 Å². The number of aromatic nitrogens is 2. The minimum atomic E-state index is -0.713. The molecule has 1 aromatic carbocycles. The van der Waals surface area contributed by atoms with Crippen LogP contribution in [0.2, 0.25) is 0 Å². The highest BCUT2D eigenvalue weighted by Gasteiger charge is 2.06. The second kappa shape index (κ2) is 5.09. The molecule has 1 aromatic heterocycles. The average Bonchev–Trinajstić information content (AvgIpc) is 2.41. The fourth-order valence-corrected chi connectivity index (χ4v) is 1.21.